The Balaban J connectivity index is 4.75. The molecule has 102 valence electrons. The minimum absolute atomic E-state index is 0.0803. The lowest BCUT2D eigenvalue weighted by molar-refractivity contribution is -0.149. The Kier molecular flexibility index (Phi) is 5.82. The molecule has 0 aromatic rings. The number of nitrogens with zero attached hydrogens (tertiary/aromatic N) is 1. The Morgan fingerprint density at radius 1 is 1.00 bits per heavy atom. The van der Waals surface area contributed by atoms with Gasteiger partial charge in [0.1, 0.15) is 5.60 Å². The minimum atomic E-state index is -0.510. The van der Waals surface area contributed by atoms with Crippen LogP contribution in [0, 0.1) is 0 Å². The summed E-state index contributed by atoms with van der Waals surface area (Å²) >= 11 is 0. The van der Waals surface area contributed by atoms with Crippen molar-refractivity contribution < 1.29 is 14.3 Å². The van der Waals surface area contributed by atoms with Crippen LogP contribution < -0.4 is 0 Å². The summed E-state index contributed by atoms with van der Waals surface area (Å²) in [5.74, 6) is -0.452. The van der Waals surface area contributed by atoms with Crippen molar-refractivity contribution in [1.82, 2.24) is 4.90 Å². The second kappa shape index (κ2) is 6.38. The third kappa shape index (κ3) is 6.23. The molecule has 0 fully saturated rings. The van der Waals surface area contributed by atoms with E-state index in [1.54, 1.807) is 40.1 Å². The molecule has 0 saturated carbocycles. The lowest BCUT2D eigenvalue weighted by atomic mass is 10.1. The Morgan fingerprint density at radius 3 is 1.83 bits per heavy atom. The van der Waals surface area contributed by atoms with Gasteiger partial charge in [-0.1, -0.05) is 12.2 Å². The molecule has 0 saturated heterocycles. The van der Waals surface area contributed by atoms with Crippen molar-refractivity contribution in [2.75, 3.05) is 14.1 Å². The van der Waals surface area contributed by atoms with Crippen molar-refractivity contribution in [1.29, 1.82) is 0 Å². The molecule has 0 heterocycles. The SMILES string of the molecule is C/C(=C\C=C(/C)C(=O)N(C)C)C(=O)OC(C)(C)C. The molecule has 1 amide bonds. The molecular formula is C14H23NO3. The number of rotatable bonds is 3. The molecule has 0 unspecified atom stereocenters. The molecular weight excluding hydrogens is 230 g/mol. The Morgan fingerprint density at radius 2 is 1.44 bits per heavy atom. The van der Waals surface area contributed by atoms with Crippen molar-refractivity contribution in [3.05, 3.63) is 23.3 Å². The minimum Gasteiger partial charge on any atom is -0.457 e. The zero-order valence-corrected chi connectivity index (χ0v) is 12.3. The zero-order chi connectivity index (χ0) is 14.5. The van der Waals surface area contributed by atoms with Gasteiger partial charge in [0.15, 0.2) is 0 Å². The predicted molar refractivity (Wildman–Crippen MR) is 72.1 cm³/mol. The molecule has 0 aliphatic carbocycles. The number of ether oxygens (including phenoxy) is 1. The third-order valence-electron chi connectivity index (χ3n) is 2.05. The van der Waals surface area contributed by atoms with Crippen LogP contribution >= 0.6 is 0 Å². The van der Waals surface area contributed by atoms with E-state index >= 15 is 0 Å². The van der Waals surface area contributed by atoms with E-state index in [-0.39, 0.29) is 11.9 Å². The number of hydrogen-bond acceptors (Lipinski definition) is 3. The van der Waals surface area contributed by atoms with Gasteiger partial charge in [0.05, 0.1) is 0 Å². The lowest BCUT2D eigenvalue weighted by Crippen LogP contribution is -2.24. The average molecular weight is 253 g/mol. The maximum Gasteiger partial charge on any atom is 0.334 e. The van der Waals surface area contributed by atoms with Gasteiger partial charge in [0.2, 0.25) is 5.91 Å². The molecule has 0 atom stereocenters. The molecule has 0 N–H and O–H groups in total. The second-order valence-corrected chi connectivity index (χ2v) is 5.40. The number of carbonyl (C=O) groups is 2. The number of esters is 1. The second-order valence-electron chi connectivity index (χ2n) is 5.40. The molecule has 0 aliphatic rings. The topological polar surface area (TPSA) is 46.6 Å². The number of carbonyl (C=O) groups excluding carboxylic acids is 2. The predicted octanol–water partition coefficient (Wildman–Crippen LogP) is 2.31. The monoisotopic (exact) mass is 253 g/mol. The van der Waals surface area contributed by atoms with Crippen LogP contribution in [0.4, 0.5) is 0 Å². The molecule has 0 aliphatic heterocycles. The first-order valence-corrected chi connectivity index (χ1v) is 5.85. The average Bonchev–Trinajstić information content (AvgIpc) is 2.21. The van der Waals surface area contributed by atoms with Gasteiger partial charge in [0.25, 0.3) is 0 Å². The van der Waals surface area contributed by atoms with Crippen LogP contribution in [0.2, 0.25) is 0 Å². The fraction of sp³-hybridized carbons (Fsp3) is 0.571. The molecule has 0 bridgehead atoms. The molecule has 0 rings (SSSR count). The van der Waals surface area contributed by atoms with Gasteiger partial charge < -0.3 is 9.64 Å². The third-order valence-corrected chi connectivity index (χ3v) is 2.05. The summed E-state index contributed by atoms with van der Waals surface area (Å²) in [6, 6.07) is 0. The van der Waals surface area contributed by atoms with Gasteiger partial charge in [-0.3, -0.25) is 4.79 Å². The van der Waals surface area contributed by atoms with Crippen LogP contribution in [0.3, 0.4) is 0 Å². The standard InChI is InChI=1S/C14H23NO3/c1-10(12(16)15(6)7)8-9-11(2)13(17)18-14(3,4)5/h8-9H,1-7H3/b10-8+,11-9+. The summed E-state index contributed by atoms with van der Waals surface area (Å²) in [6.07, 6.45) is 3.23. The molecule has 0 aromatic heterocycles. The van der Waals surface area contributed by atoms with Crippen LogP contribution in [0.15, 0.2) is 23.3 Å². The Hall–Kier alpha value is -1.58. The van der Waals surface area contributed by atoms with Crippen LogP contribution in [0.1, 0.15) is 34.6 Å². The maximum absolute atomic E-state index is 11.7. The van der Waals surface area contributed by atoms with E-state index in [0.717, 1.165) is 0 Å². The smallest absolute Gasteiger partial charge is 0.334 e. The number of amides is 1. The summed E-state index contributed by atoms with van der Waals surface area (Å²) in [7, 11) is 3.37. The highest BCUT2D eigenvalue weighted by molar-refractivity contribution is 5.93. The molecule has 0 spiro atoms. The first kappa shape index (κ1) is 16.4. The van der Waals surface area contributed by atoms with Gasteiger partial charge >= 0.3 is 5.97 Å². The van der Waals surface area contributed by atoms with Crippen molar-refractivity contribution in [2.45, 2.75) is 40.2 Å². The summed E-state index contributed by atoms with van der Waals surface area (Å²) in [5, 5.41) is 0. The molecule has 4 nitrogen and oxygen atoms in total. The Labute approximate surface area is 109 Å². The van der Waals surface area contributed by atoms with Crippen molar-refractivity contribution in [2.24, 2.45) is 0 Å². The van der Waals surface area contributed by atoms with Crippen molar-refractivity contribution >= 4 is 11.9 Å². The van der Waals surface area contributed by atoms with Crippen molar-refractivity contribution in [3.63, 3.8) is 0 Å². The molecule has 0 radical (unpaired) electrons. The van der Waals surface area contributed by atoms with E-state index in [9.17, 15) is 9.59 Å². The highest BCUT2D eigenvalue weighted by atomic mass is 16.6. The van der Waals surface area contributed by atoms with E-state index < -0.39 is 5.60 Å². The van der Waals surface area contributed by atoms with Crippen LogP contribution in [0.5, 0.6) is 0 Å². The highest BCUT2D eigenvalue weighted by Crippen LogP contribution is 2.11. The van der Waals surface area contributed by atoms with Gasteiger partial charge in [-0.25, -0.2) is 4.79 Å². The van der Waals surface area contributed by atoms with E-state index in [2.05, 4.69) is 0 Å². The highest BCUT2D eigenvalue weighted by Gasteiger charge is 2.17. The number of hydrogen-bond donors (Lipinski definition) is 0. The van der Waals surface area contributed by atoms with Crippen LogP contribution in [-0.4, -0.2) is 36.5 Å². The van der Waals surface area contributed by atoms with Gasteiger partial charge in [-0.15, -0.1) is 0 Å². The largest absolute Gasteiger partial charge is 0.457 e. The number of likely N-dealkylation sites (N-methyl/N-ethyl adjacent to an activating group) is 1. The molecule has 18 heavy (non-hydrogen) atoms. The van der Waals surface area contributed by atoms with Gasteiger partial charge in [0, 0.05) is 25.2 Å². The van der Waals surface area contributed by atoms with Crippen LogP contribution in [0.25, 0.3) is 0 Å². The fourth-order valence-electron chi connectivity index (χ4n) is 1.10. The summed E-state index contributed by atoms with van der Waals surface area (Å²) in [6.45, 7) is 8.82. The van der Waals surface area contributed by atoms with E-state index in [0.29, 0.717) is 11.1 Å². The Bertz CT molecular complexity index is 384. The van der Waals surface area contributed by atoms with Gasteiger partial charge in [-0.2, -0.15) is 0 Å². The first-order valence-electron chi connectivity index (χ1n) is 5.85. The first-order chi connectivity index (χ1) is 8.04. The molecule has 0 aromatic carbocycles. The molecule has 4 heteroatoms. The van der Waals surface area contributed by atoms with E-state index in [1.807, 2.05) is 20.8 Å². The van der Waals surface area contributed by atoms with Gasteiger partial charge in [-0.05, 0) is 34.6 Å². The summed E-state index contributed by atoms with van der Waals surface area (Å²) < 4.78 is 5.21. The van der Waals surface area contributed by atoms with E-state index in [1.165, 1.54) is 4.90 Å². The van der Waals surface area contributed by atoms with E-state index in [4.69, 9.17) is 4.74 Å². The summed E-state index contributed by atoms with van der Waals surface area (Å²) in [5.41, 5.74) is 0.531. The zero-order valence-electron chi connectivity index (χ0n) is 12.3. The lowest BCUT2D eigenvalue weighted by Gasteiger charge is -2.19. The quantitative estimate of drug-likeness (QED) is 0.440. The number of allylic oxidation sites excluding steroid dienone is 2. The fourth-order valence-corrected chi connectivity index (χ4v) is 1.10. The van der Waals surface area contributed by atoms with Crippen molar-refractivity contribution in [3.8, 4) is 0 Å². The maximum atomic E-state index is 11.7. The normalized spacial score (nSPS) is 13.3. The van der Waals surface area contributed by atoms with Crippen LogP contribution in [-0.2, 0) is 14.3 Å². The summed E-state index contributed by atoms with van der Waals surface area (Å²) in [4.78, 5) is 24.7.